The standard InChI is InChI=1S/C13H26N2O2/c1-5-15(6-2)12(16)10-14-9-11-7-8-13(3,4)17-11/h11,14H,5-10H2,1-4H3. The Balaban J connectivity index is 2.18. The number of carbonyl (C=O) groups excluding carboxylic acids is 1. The first-order valence-electron chi connectivity index (χ1n) is 6.64. The summed E-state index contributed by atoms with van der Waals surface area (Å²) in [5.41, 5.74) is 0.00915. The van der Waals surface area contributed by atoms with Crippen LogP contribution in [-0.2, 0) is 9.53 Å². The van der Waals surface area contributed by atoms with Gasteiger partial charge >= 0.3 is 0 Å². The summed E-state index contributed by atoms with van der Waals surface area (Å²) in [6, 6.07) is 0. The minimum absolute atomic E-state index is 0.00915. The smallest absolute Gasteiger partial charge is 0.236 e. The molecule has 4 heteroatoms. The van der Waals surface area contributed by atoms with Crippen LogP contribution in [0.25, 0.3) is 0 Å². The molecular formula is C13H26N2O2. The number of hydrogen-bond donors (Lipinski definition) is 1. The molecule has 1 amide bonds. The van der Waals surface area contributed by atoms with Gasteiger partial charge in [0.25, 0.3) is 0 Å². The van der Waals surface area contributed by atoms with E-state index in [9.17, 15) is 4.79 Å². The summed E-state index contributed by atoms with van der Waals surface area (Å²) in [4.78, 5) is 13.6. The van der Waals surface area contributed by atoms with Gasteiger partial charge in [0.15, 0.2) is 0 Å². The van der Waals surface area contributed by atoms with Gasteiger partial charge in [0.1, 0.15) is 0 Å². The van der Waals surface area contributed by atoms with Gasteiger partial charge in [-0.2, -0.15) is 0 Å². The molecule has 100 valence electrons. The monoisotopic (exact) mass is 242 g/mol. The van der Waals surface area contributed by atoms with Crippen molar-refractivity contribution in [2.75, 3.05) is 26.2 Å². The lowest BCUT2D eigenvalue weighted by molar-refractivity contribution is -0.129. The maximum atomic E-state index is 11.7. The molecule has 1 heterocycles. The molecule has 0 saturated carbocycles. The number of rotatable bonds is 6. The minimum Gasteiger partial charge on any atom is -0.371 e. The highest BCUT2D eigenvalue weighted by molar-refractivity contribution is 5.78. The van der Waals surface area contributed by atoms with E-state index in [0.29, 0.717) is 6.54 Å². The van der Waals surface area contributed by atoms with E-state index in [-0.39, 0.29) is 17.6 Å². The van der Waals surface area contributed by atoms with E-state index in [1.165, 1.54) is 0 Å². The van der Waals surface area contributed by atoms with E-state index in [4.69, 9.17) is 4.74 Å². The van der Waals surface area contributed by atoms with Crippen LogP contribution in [0.1, 0.15) is 40.5 Å². The number of hydrogen-bond acceptors (Lipinski definition) is 3. The van der Waals surface area contributed by atoms with Crippen molar-refractivity contribution < 1.29 is 9.53 Å². The normalized spacial score (nSPS) is 22.7. The molecular weight excluding hydrogens is 216 g/mol. The minimum atomic E-state index is 0.00915. The quantitative estimate of drug-likeness (QED) is 0.765. The van der Waals surface area contributed by atoms with Crippen molar-refractivity contribution in [1.82, 2.24) is 10.2 Å². The van der Waals surface area contributed by atoms with E-state index < -0.39 is 0 Å². The third kappa shape index (κ3) is 4.64. The third-order valence-electron chi connectivity index (χ3n) is 3.32. The largest absolute Gasteiger partial charge is 0.371 e. The summed E-state index contributed by atoms with van der Waals surface area (Å²) in [6.45, 7) is 11.0. The highest BCUT2D eigenvalue weighted by Crippen LogP contribution is 2.28. The number of nitrogens with one attached hydrogen (secondary N) is 1. The summed E-state index contributed by atoms with van der Waals surface area (Å²) in [5.74, 6) is 0.173. The summed E-state index contributed by atoms with van der Waals surface area (Å²) in [6.07, 6.45) is 2.44. The van der Waals surface area contributed by atoms with Crippen molar-refractivity contribution in [2.45, 2.75) is 52.2 Å². The average molecular weight is 242 g/mol. The van der Waals surface area contributed by atoms with Crippen molar-refractivity contribution in [1.29, 1.82) is 0 Å². The van der Waals surface area contributed by atoms with Gasteiger partial charge in [-0.25, -0.2) is 0 Å². The number of ether oxygens (including phenoxy) is 1. The molecule has 17 heavy (non-hydrogen) atoms. The molecule has 1 saturated heterocycles. The summed E-state index contributed by atoms with van der Waals surface area (Å²) < 4.78 is 5.86. The van der Waals surface area contributed by atoms with Crippen LogP contribution in [0.15, 0.2) is 0 Å². The zero-order chi connectivity index (χ0) is 12.9. The van der Waals surface area contributed by atoms with Crippen LogP contribution < -0.4 is 5.32 Å². The van der Waals surface area contributed by atoms with Crippen LogP contribution >= 0.6 is 0 Å². The fraction of sp³-hybridized carbons (Fsp3) is 0.923. The molecule has 0 aromatic rings. The van der Waals surface area contributed by atoms with Crippen molar-refractivity contribution >= 4 is 5.91 Å². The molecule has 4 nitrogen and oxygen atoms in total. The molecule has 1 N–H and O–H groups in total. The SMILES string of the molecule is CCN(CC)C(=O)CNCC1CCC(C)(C)O1. The molecule has 0 radical (unpaired) electrons. The highest BCUT2D eigenvalue weighted by atomic mass is 16.5. The molecule has 0 aromatic carbocycles. The lowest BCUT2D eigenvalue weighted by Crippen LogP contribution is -2.40. The van der Waals surface area contributed by atoms with Crippen LogP contribution in [0.2, 0.25) is 0 Å². The summed E-state index contributed by atoms with van der Waals surface area (Å²) in [5, 5.41) is 3.20. The van der Waals surface area contributed by atoms with E-state index in [0.717, 1.165) is 32.5 Å². The predicted octanol–water partition coefficient (Wildman–Crippen LogP) is 1.40. The molecule has 1 aliphatic rings. The van der Waals surface area contributed by atoms with Crippen molar-refractivity contribution in [3.05, 3.63) is 0 Å². The Kier molecular flexibility index (Phi) is 5.40. The maximum Gasteiger partial charge on any atom is 0.236 e. The Morgan fingerprint density at radius 2 is 2.06 bits per heavy atom. The highest BCUT2D eigenvalue weighted by Gasteiger charge is 2.31. The molecule has 0 bridgehead atoms. The van der Waals surface area contributed by atoms with Crippen LogP contribution in [-0.4, -0.2) is 48.7 Å². The Bertz CT molecular complexity index is 250. The number of nitrogens with zero attached hydrogens (tertiary/aromatic N) is 1. The first kappa shape index (κ1) is 14.5. The molecule has 0 aromatic heterocycles. The molecule has 1 fully saturated rings. The van der Waals surface area contributed by atoms with Gasteiger partial charge < -0.3 is 15.0 Å². The van der Waals surface area contributed by atoms with Gasteiger partial charge in [-0.15, -0.1) is 0 Å². The van der Waals surface area contributed by atoms with E-state index >= 15 is 0 Å². The Hall–Kier alpha value is -0.610. The number of likely N-dealkylation sites (N-methyl/N-ethyl adjacent to an activating group) is 1. The van der Waals surface area contributed by atoms with E-state index in [2.05, 4.69) is 19.2 Å². The van der Waals surface area contributed by atoms with Crippen molar-refractivity contribution in [2.24, 2.45) is 0 Å². The first-order valence-corrected chi connectivity index (χ1v) is 6.64. The maximum absolute atomic E-state index is 11.7. The van der Waals surface area contributed by atoms with Crippen LogP contribution in [0.5, 0.6) is 0 Å². The second kappa shape index (κ2) is 6.36. The third-order valence-corrected chi connectivity index (χ3v) is 3.32. The molecule has 0 spiro atoms. The van der Waals surface area contributed by atoms with Gasteiger partial charge in [0.05, 0.1) is 18.2 Å². The number of carbonyl (C=O) groups is 1. The van der Waals surface area contributed by atoms with Crippen molar-refractivity contribution in [3.63, 3.8) is 0 Å². The second-order valence-electron chi connectivity index (χ2n) is 5.24. The fourth-order valence-corrected chi connectivity index (χ4v) is 2.25. The zero-order valence-corrected chi connectivity index (χ0v) is 11.6. The Labute approximate surface area is 105 Å². The molecule has 1 rings (SSSR count). The predicted molar refractivity (Wildman–Crippen MR) is 69.0 cm³/mol. The van der Waals surface area contributed by atoms with Crippen LogP contribution in [0, 0.1) is 0 Å². The van der Waals surface area contributed by atoms with E-state index in [1.807, 2.05) is 18.7 Å². The lowest BCUT2D eigenvalue weighted by Gasteiger charge is -2.21. The van der Waals surface area contributed by atoms with E-state index in [1.54, 1.807) is 0 Å². The summed E-state index contributed by atoms with van der Waals surface area (Å²) >= 11 is 0. The molecule has 1 atom stereocenters. The molecule has 0 aliphatic carbocycles. The second-order valence-corrected chi connectivity index (χ2v) is 5.24. The fourth-order valence-electron chi connectivity index (χ4n) is 2.25. The van der Waals surface area contributed by atoms with Crippen molar-refractivity contribution in [3.8, 4) is 0 Å². The lowest BCUT2D eigenvalue weighted by atomic mass is 10.1. The molecule has 1 aliphatic heterocycles. The first-order chi connectivity index (χ1) is 7.98. The van der Waals surface area contributed by atoms with Crippen LogP contribution in [0.3, 0.4) is 0 Å². The number of amides is 1. The Morgan fingerprint density at radius 1 is 1.41 bits per heavy atom. The van der Waals surface area contributed by atoms with Gasteiger partial charge in [0.2, 0.25) is 5.91 Å². The molecule has 1 unspecified atom stereocenters. The zero-order valence-electron chi connectivity index (χ0n) is 11.6. The summed E-state index contributed by atoms with van der Waals surface area (Å²) in [7, 11) is 0. The van der Waals surface area contributed by atoms with Crippen LogP contribution in [0.4, 0.5) is 0 Å². The topological polar surface area (TPSA) is 41.6 Å². The van der Waals surface area contributed by atoms with Gasteiger partial charge in [-0.3, -0.25) is 4.79 Å². The van der Waals surface area contributed by atoms with Gasteiger partial charge in [-0.1, -0.05) is 0 Å². The van der Waals surface area contributed by atoms with Gasteiger partial charge in [-0.05, 0) is 40.5 Å². The Morgan fingerprint density at radius 3 is 2.53 bits per heavy atom. The average Bonchev–Trinajstić information content (AvgIpc) is 2.60. The van der Waals surface area contributed by atoms with Gasteiger partial charge in [0, 0.05) is 19.6 Å².